The fourth-order valence-corrected chi connectivity index (χ4v) is 0.825. The van der Waals surface area contributed by atoms with Gasteiger partial charge in [-0.1, -0.05) is 0 Å². The maximum absolute atomic E-state index is 13.1. The van der Waals surface area contributed by atoms with E-state index in [-0.39, 0.29) is 11.7 Å². The van der Waals surface area contributed by atoms with Crippen LogP contribution < -0.4 is 10.5 Å². The Morgan fingerprint density at radius 3 is 2.36 bits per heavy atom. The number of ether oxygens (including phenoxy) is 1. The highest BCUT2D eigenvalue weighted by Crippen LogP contribution is 2.22. The van der Waals surface area contributed by atoms with Crippen LogP contribution in [0.1, 0.15) is 20.8 Å². The molecule has 0 saturated heterocycles. The summed E-state index contributed by atoms with van der Waals surface area (Å²) >= 11 is 0. The number of halogens is 2. The Hall–Kier alpha value is -1.39. The zero-order valence-electron chi connectivity index (χ0n) is 8.27. The van der Waals surface area contributed by atoms with Gasteiger partial charge in [0.15, 0.2) is 17.5 Å². The van der Waals surface area contributed by atoms with Crippen LogP contribution >= 0.6 is 0 Å². The van der Waals surface area contributed by atoms with Crippen LogP contribution in [0.3, 0.4) is 0 Å². The second-order valence-corrected chi connectivity index (χ2v) is 3.86. The number of pyridine rings is 1. The molecule has 0 saturated carbocycles. The van der Waals surface area contributed by atoms with Gasteiger partial charge in [0.05, 0.1) is 0 Å². The van der Waals surface area contributed by atoms with Crippen LogP contribution in [0, 0.1) is 11.6 Å². The zero-order chi connectivity index (χ0) is 10.9. The van der Waals surface area contributed by atoms with Gasteiger partial charge in [-0.15, -0.1) is 0 Å². The van der Waals surface area contributed by atoms with Gasteiger partial charge in [0.1, 0.15) is 5.60 Å². The fourth-order valence-electron chi connectivity index (χ4n) is 0.825. The molecule has 1 rings (SSSR count). The summed E-state index contributed by atoms with van der Waals surface area (Å²) in [5, 5.41) is 0. The predicted octanol–water partition coefficient (Wildman–Crippen LogP) is 2.12. The van der Waals surface area contributed by atoms with Crippen LogP contribution in [0.25, 0.3) is 0 Å². The summed E-state index contributed by atoms with van der Waals surface area (Å²) in [5.41, 5.74) is 4.58. The number of hydrogen-bond acceptors (Lipinski definition) is 3. The minimum absolute atomic E-state index is 0.281. The SMILES string of the molecule is CC(C)(C)Oc1nc(N)c(F)cc1F. The molecule has 0 aliphatic heterocycles. The summed E-state index contributed by atoms with van der Waals surface area (Å²) in [6, 6.07) is 0.656. The molecule has 3 nitrogen and oxygen atoms in total. The van der Waals surface area contributed by atoms with E-state index in [9.17, 15) is 8.78 Å². The Labute approximate surface area is 80.9 Å². The van der Waals surface area contributed by atoms with E-state index in [2.05, 4.69) is 4.98 Å². The first kappa shape index (κ1) is 10.7. The van der Waals surface area contributed by atoms with Crippen molar-refractivity contribution in [3.63, 3.8) is 0 Å². The average Bonchev–Trinajstić information content (AvgIpc) is 1.97. The highest BCUT2D eigenvalue weighted by Gasteiger charge is 2.18. The molecule has 0 fully saturated rings. The first-order valence-electron chi connectivity index (χ1n) is 4.10. The Balaban J connectivity index is 3.04. The molecule has 1 aromatic rings. The topological polar surface area (TPSA) is 48.1 Å². The Bertz CT molecular complexity index is 347. The number of nitrogen functional groups attached to an aromatic ring is 1. The molecule has 5 heteroatoms. The molecular weight excluding hydrogens is 190 g/mol. The predicted molar refractivity (Wildman–Crippen MR) is 48.9 cm³/mol. The van der Waals surface area contributed by atoms with Crippen LogP contribution in [-0.4, -0.2) is 10.6 Å². The number of anilines is 1. The van der Waals surface area contributed by atoms with Crippen molar-refractivity contribution in [3.05, 3.63) is 17.7 Å². The van der Waals surface area contributed by atoms with Gasteiger partial charge in [0.25, 0.3) is 5.88 Å². The molecule has 0 aromatic carbocycles. The average molecular weight is 202 g/mol. The molecule has 14 heavy (non-hydrogen) atoms. The van der Waals surface area contributed by atoms with Crippen LogP contribution in [-0.2, 0) is 0 Å². The van der Waals surface area contributed by atoms with Crippen molar-refractivity contribution in [2.45, 2.75) is 26.4 Å². The van der Waals surface area contributed by atoms with Crippen LogP contribution in [0.5, 0.6) is 5.88 Å². The monoisotopic (exact) mass is 202 g/mol. The van der Waals surface area contributed by atoms with Crippen LogP contribution in [0.2, 0.25) is 0 Å². The third-order valence-corrected chi connectivity index (χ3v) is 1.33. The third kappa shape index (κ3) is 2.55. The molecule has 1 aromatic heterocycles. The maximum Gasteiger partial charge on any atom is 0.253 e. The van der Waals surface area contributed by atoms with Crippen molar-refractivity contribution in [2.24, 2.45) is 0 Å². The molecule has 1 heterocycles. The van der Waals surface area contributed by atoms with Gasteiger partial charge in [-0.3, -0.25) is 0 Å². The van der Waals surface area contributed by atoms with E-state index in [4.69, 9.17) is 10.5 Å². The van der Waals surface area contributed by atoms with E-state index >= 15 is 0 Å². The van der Waals surface area contributed by atoms with E-state index in [0.29, 0.717) is 6.07 Å². The Morgan fingerprint density at radius 1 is 1.29 bits per heavy atom. The summed E-state index contributed by atoms with van der Waals surface area (Å²) < 4.78 is 30.9. The molecule has 0 atom stereocenters. The second kappa shape index (κ2) is 3.40. The smallest absolute Gasteiger partial charge is 0.253 e. The van der Waals surface area contributed by atoms with E-state index in [1.54, 1.807) is 20.8 Å². The van der Waals surface area contributed by atoms with E-state index in [1.807, 2.05) is 0 Å². The van der Waals surface area contributed by atoms with Crippen molar-refractivity contribution in [3.8, 4) is 5.88 Å². The molecule has 0 unspecified atom stereocenters. The van der Waals surface area contributed by atoms with Crippen molar-refractivity contribution in [2.75, 3.05) is 5.73 Å². The summed E-state index contributed by atoms with van der Waals surface area (Å²) in [6.45, 7) is 5.19. The van der Waals surface area contributed by atoms with Gasteiger partial charge in [0.2, 0.25) is 0 Å². The quantitative estimate of drug-likeness (QED) is 0.758. The molecule has 0 amide bonds. The van der Waals surface area contributed by atoms with Gasteiger partial charge in [-0.25, -0.2) is 8.78 Å². The number of hydrogen-bond donors (Lipinski definition) is 1. The summed E-state index contributed by atoms with van der Waals surface area (Å²) in [6.07, 6.45) is 0. The fraction of sp³-hybridized carbons (Fsp3) is 0.444. The first-order chi connectivity index (χ1) is 6.29. The van der Waals surface area contributed by atoms with E-state index < -0.39 is 17.2 Å². The van der Waals surface area contributed by atoms with Crippen molar-refractivity contribution >= 4 is 5.82 Å². The molecular formula is C9H12F2N2O. The molecule has 0 aliphatic carbocycles. The minimum atomic E-state index is -0.885. The molecule has 0 spiro atoms. The lowest BCUT2D eigenvalue weighted by Crippen LogP contribution is -2.24. The Morgan fingerprint density at radius 2 is 1.86 bits per heavy atom. The zero-order valence-corrected chi connectivity index (χ0v) is 8.27. The van der Waals surface area contributed by atoms with Gasteiger partial charge in [-0.2, -0.15) is 4.98 Å². The summed E-state index contributed by atoms with van der Waals surface area (Å²) in [5.74, 6) is -2.39. The second-order valence-electron chi connectivity index (χ2n) is 3.86. The molecule has 2 N–H and O–H groups in total. The van der Waals surface area contributed by atoms with E-state index in [0.717, 1.165) is 0 Å². The van der Waals surface area contributed by atoms with Crippen molar-refractivity contribution in [1.29, 1.82) is 0 Å². The van der Waals surface area contributed by atoms with Gasteiger partial charge >= 0.3 is 0 Å². The highest BCUT2D eigenvalue weighted by atomic mass is 19.1. The summed E-state index contributed by atoms with van der Waals surface area (Å²) in [7, 11) is 0. The largest absolute Gasteiger partial charge is 0.470 e. The first-order valence-corrected chi connectivity index (χ1v) is 4.10. The standard InChI is InChI=1S/C9H12F2N2O/c1-9(2,3)14-8-6(11)4-5(10)7(12)13-8/h4H,1-3H3,(H2,12,13). The van der Waals surface area contributed by atoms with Crippen molar-refractivity contribution in [1.82, 2.24) is 4.98 Å². The normalized spacial score (nSPS) is 11.5. The molecule has 0 bridgehead atoms. The number of nitrogens with zero attached hydrogens (tertiary/aromatic N) is 1. The lowest BCUT2D eigenvalue weighted by molar-refractivity contribution is 0.117. The molecule has 78 valence electrons. The Kier molecular flexibility index (Phi) is 2.59. The van der Waals surface area contributed by atoms with Crippen LogP contribution in [0.15, 0.2) is 6.07 Å². The number of nitrogens with two attached hydrogens (primary N) is 1. The molecule has 0 radical (unpaired) electrons. The van der Waals surface area contributed by atoms with Gasteiger partial charge in [-0.05, 0) is 20.8 Å². The third-order valence-electron chi connectivity index (χ3n) is 1.33. The van der Waals surface area contributed by atoms with Crippen LogP contribution in [0.4, 0.5) is 14.6 Å². The highest BCUT2D eigenvalue weighted by molar-refractivity contribution is 5.34. The lowest BCUT2D eigenvalue weighted by atomic mass is 10.2. The lowest BCUT2D eigenvalue weighted by Gasteiger charge is -2.20. The van der Waals surface area contributed by atoms with E-state index in [1.165, 1.54) is 0 Å². The maximum atomic E-state index is 13.1. The van der Waals surface area contributed by atoms with Crippen molar-refractivity contribution < 1.29 is 13.5 Å². The van der Waals surface area contributed by atoms with Gasteiger partial charge in [0, 0.05) is 6.07 Å². The number of aromatic nitrogens is 1. The molecule has 0 aliphatic rings. The minimum Gasteiger partial charge on any atom is -0.470 e. The summed E-state index contributed by atoms with van der Waals surface area (Å²) in [4.78, 5) is 3.46. The number of rotatable bonds is 1. The van der Waals surface area contributed by atoms with Gasteiger partial charge < -0.3 is 10.5 Å².